The fourth-order valence-corrected chi connectivity index (χ4v) is 6.05. The van der Waals surface area contributed by atoms with Gasteiger partial charge in [-0.05, 0) is 74.8 Å². The van der Waals surface area contributed by atoms with E-state index in [1.807, 2.05) is 0 Å². The van der Waals surface area contributed by atoms with Gasteiger partial charge in [-0.15, -0.1) is 23.2 Å². The Kier molecular flexibility index (Phi) is 3.54. The number of hydrogen-bond acceptors (Lipinski definition) is 1. The summed E-state index contributed by atoms with van der Waals surface area (Å²) in [6, 6.07) is 0. The third-order valence-corrected chi connectivity index (χ3v) is 10.5. The van der Waals surface area contributed by atoms with Crippen molar-refractivity contribution in [2.75, 3.05) is 6.61 Å². The standard InChI is InChI=1S/C14H24Cl2OSi/c1-18(2,13(15)16)17-9-14-6-10-3-11(7-14)5-12(4-10)8-14/h10-13H,3-9H2,1-2H3. The SMILES string of the molecule is C[Si](C)(OCC12CC3CC(CC(C3)C1)C2)C(Cl)Cl. The lowest BCUT2D eigenvalue weighted by atomic mass is 9.50. The van der Waals surface area contributed by atoms with Gasteiger partial charge in [0.1, 0.15) is 4.46 Å². The minimum Gasteiger partial charge on any atom is -0.414 e. The van der Waals surface area contributed by atoms with Crippen LogP contribution < -0.4 is 0 Å². The predicted octanol–water partition coefficient (Wildman–Crippen LogP) is 4.77. The first-order chi connectivity index (χ1) is 8.39. The Hall–Kier alpha value is 0.757. The van der Waals surface area contributed by atoms with Crippen LogP contribution in [0.4, 0.5) is 0 Å². The average Bonchev–Trinajstić information content (AvgIpc) is 2.24. The number of rotatable bonds is 4. The fraction of sp³-hybridized carbons (Fsp3) is 1.00. The highest BCUT2D eigenvalue weighted by Gasteiger charge is 2.51. The zero-order chi connectivity index (χ0) is 13.0. The second-order valence-electron chi connectivity index (χ2n) is 7.61. The topological polar surface area (TPSA) is 9.23 Å². The maximum Gasteiger partial charge on any atom is 0.220 e. The molecule has 4 bridgehead atoms. The van der Waals surface area contributed by atoms with E-state index in [2.05, 4.69) is 13.1 Å². The molecule has 4 aliphatic rings. The van der Waals surface area contributed by atoms with Crippen LogP contribution in [0.1, 0.15) is 38.5 Å². The summed E-state index contributed by atoms with van der Waals surface area (Å²) < 4.78 is 5.94. The van der Waals surface area contributed by atoms with Crippen LogP contribution >= 0.6 is 23.2 Å². The zero-order valence-corrected chi connectivity index (χ0v) is 13.9. The molecule has 0 saturated heterocycles. The summed E-state index contributed by atoms with van der Waals surface area (Å²) in [6.07, 6.45) is 8.69. The van der Waals surface area contributed by atoms with Gasteiger partial charge in [-0.3, -0.25) is 0 Å². The van der Waals surface area contributed by atoms with E-state index >= 15 is 0 Å². The van der Waals surface area contributed by atoms with E-state index in [0.717, 1.165) is 24.4 Å². The predicted molar refractivity (Wildman–Crippen MR) is 79.5 cm³/mol. The summed E-state index contributed by atoms with van der Waals surface area (Å²) in [5.74, 6) is 2.98. The Morgan fingerprint density at radius 3 is 1.89 bits per heavy atom. The molecule has 0 heterocycles. The van der Waals surface area contributed by atoms with Crippen molar-refractivity contribution in [1.29, 1.82) is 0 Å². The van der Waals surface area contributed by atoms with Gasteiger partial charge in [-0.2, -0.15) is 0 Å². The van der Waals surface area contributed by atoms with Crippen molar-refractivity contribution < 1.29 is 4.43 Å². The van der Waals surface area contributed by atoms with Crippen molar-refractivity contribution in [1.82, 2.24) is 0 Å². The van der Waals surface area contributed by atoms with E-state index in [1.54, 1.807) is 0 Å². The third kappa shape index (κ3) is 2.50. The summed E-state index contributed by atoms with van der Waals surface area (Å²) in [7, 11) is -1.90. The molecule has 0 aromatic carbocycles. The Morgan fingerprint density at radius 1 is 1.06 bits per heavy atom. The Labute approximate surface area is 122 Å². The normalized spacial score (nSPS) is 42.8. The van der Waals surface area contributed by atoms with Crippen LogP contribution in [0.25, 0.3) is 0 Å². The zero-order valence-electron chi connectivity index (χ0n) is 11.4. The molecule has 4 heteroatoms. The molecule has 4 rings (SSSR count). The van der Waals surface area contributed by atoms with Crippen LogP contribution in [0.3, 0.4) is 0 Å². The van der Waals surface area contributed by atoms with Gasteiger partial charge in [0.2, 0.25) is 8.32 Å². The van der Waals surface area contributed by atoms with Gasteiger partial charge in [0.15, 0.2) is 0 Å². The van der Waals surface area contributed by atoms with Crippen LogP contribution in [0.2, 0.25) is 13.1 Å². The number of hydrogen-bond donors (Lipinski definition) is 0. The Bertz CT molecular complexity index is 294. The largest absolute Gasteiger partial charge is 0.414 e. The second kappa shape index (κ2) is 4.65. The van der Waals surface area contributed by atoms with E-state index in [-0.39, 0.29) is 4.46 Å². The quantitative estimate of drug-likeness (QED) is 0.537. The molecular formula is C14H24Cl2OSi. The lowest BCUT2D eigenvalue weighted by Gasteiger charge is -2.57. The van der Waals surface area contributed by atoms with Crippen LogP contribution in [-0.4, -0.2) is 19.4 Å². The fourth-order valence-electron chi connectivity index (χ4n) is 4.87. The molecule has 0 aromatic heterocycles. The highest BCUT2D eigenvalue weighted by Crippen LogP contribution is 2.60. The van der Waals surface area contributed by atoms with Crippen molar-refractivity contribution in [3.8, 4) is 0 Å². The Balaban J connectivity index is 1.66. The molecule has 0 aromatic rings. The molecule has 0 amide bonds. The monoisotopic (exact) mass is 306 g/mol. The maximum absolute atomic E-state index is 6.25. The Morgan fingerprint density at radius 2 is 1.50 bits per heavy atom. The van der Waals surface area contributed by atoms with Crippen molar-refractivity contribution in [3.63, 3.8) is 0 Å². The molecule has 0 atom stereocenters. The molecule has 0 N–H and O–H groups in total. The van der Waals surface area contributed by atoms with Gasteiger partial charge >= 0.3 is 0 Å². The summed E-state index contributed by atoms with van der Waals surface area (Å²) in [5.41, 5.74) is 0.488. The molecular weight excluding hydrogens is 283 g/mol. The minimum atomic E-state index is -1.90. The van der Waals surface area contributed by atoms with Crippen molar-refractivity contribution in [2.24, 2.45) is 23.2 Å². The van der Waals surface area contributed by atoms with Crippen molar-refractivity contribution >= 4 is 31.5 Å². The first kappa shape index (κ1) is 13.7. The van der Waals surface area contributed by atoms with Crippen molar-refractivity contribution in [3.05, 3.63) is 0 Å². The maximum atomic E-state index is 6.25. The van der Waals surface area contributed by atoms with Gasteiger partial charge in [-0.25, -0.2) is 0 Å². The lowest BCUT2D eigenvalue weighted by molar-refractivity contribution is -0.0762. The van der Waals surface area contributed by atoms with Crippen molar-refractivity contribution in [2.45, 2.75) is 56.1 Å². The minimum absolute atomic E-state index is 0.314. The molecule has 4 aliphatic carbocycles. The first-order valence-corrected chi connectivity index (χ1v) is 11.2. The molecule has 0 aliphatic heterocycles. The molecule has 18 heavy (non-hydrogen) atoms. The van der Waals surface area contributed by atoms with Gasteiger partial charge in [-0.1, -0.05) is 0 Å². The van der Waals surface area contributed by atoms with E-state index in [0.29, 0.717) is 5.41 Å². The van der Waals surface area contributed by atoms with Crippen LogP contribution in [0.5, 0.6) is 0 Å². The molecule has 1 nitrogen and oxygen atoms in total. The van der Waals surface area contributed by atoms with Gasteiger partial charge in [0.25, 0.3) is 0 Å². The molecule has 0 spiro atoms. The van der Waals surface area contributed by atoms with Crippen LogP contribution in [0, 0.1) is 23.2 Å². The molecule has 4 fully saturated rings. The second-order valence-corrected chi connectivity index (χ2v) is 13.5. The van der Waals surface area contributed by atoms with Crippen LogP contribution in [0.15, 0.2) is 0 Å². The summed E-state index contributed by atoms with van der Waals surface area (Å²) in [5, 5.41) is 0. The van der Waals surface area contributed by atoms with Gasteiger partial charge < -0.3 is 4.43 Å². The molecule has 104 valence electrons. The summed E-state index contributed by atoms with van der Waals surface area (Å²) >= 11 is 12.1. The first-order valence-electron chi connectivity index (χ1n) is 7.31. The molecule has 4 saturated carbocycles. The molecule has 0 unspecified atom stereocenters. The number of alkyl halides is 2. The van der Waals surface area contributed by atoms with E-state index in [4.69, 9.17) is 27.6 Å². The van der Waals surface area contributed by atoms with E-state index in [1.165, 1.54) is 38.5 Å². The molecule has 0 radical (unpaired) electrons. The van der Waals surface area contributed by atoms with E-state index in [9.17, 15) is 0 Å². The third-order valence-electron chi connectivity index (χ3n) is 5.44. The van der Waals surface area contributed by atoms with Gasteiger partial charge in [0.05, 0.1) is 0 Å². The smallest absolute Gasteiger partial charge is 0.220 e. The highest BCUT2D eigenvalue weighted by molar-refractivity contribution is 6.88. The van der Waals surface area contributed by atoms with Gasteiger partial charge in [0, 0.05) is 6.61 Å². The average molecular weight is 307 g/mol. The lowest BCUT2D eigenvalue weighted by Crippen LogP contribution is -2.51. The summed E-state index contributed by atoms with van der Waals surface area (Å²) in [6.45, 7) is 5.20. The van der Waals surface area contributed by atoms with Crippen LogP contribution in [-0.2, 0) is 4.43 Å². The highest BCUT2D eigenvalue weighted by atomic mass is 35.5. The number of halogens is 2. The van der Waals surface area contributed by atoms with E-state index < -0.39 is 8.32 Å². The summed E-state index contributed by atoms with van der Waals surface area (Å²) in [4.78, 5) is 0.